The number of esters is 2. The topological polar surface area (TPSA) is 183 Å². The van der Waals surface area contributed by atoms with Crippen molar-refractivity contribution in [3.63, 3.8) is 0 Å². The lowest BCUT2D eigenvalue weighted by Gasteiger charge is -2.39. The standard InChI is InChI=1S/C26H36BrN3O10/c1-25(2,23(35)38-13-16-7-5-4-6-8-16)15-26(3,27)24(36)39-14-17-11-30(29-28-17)9-10-37-22-21(34)20(33)19(32)18(12-31)40-22/h4-8,11,18-22,31-34H,9-10,12-15H2,1-3H3/t18?,19-,20-,21?,22+,26?/m0/s1. The summed E-state index contributed by atoms with van der Waals surface area (Å²) in [4.78, 5) is 25.5. The summed E-state index contributed by atoms with van der Waals surface area (Å²) in [6.45, 7) is 4.62. The zero-order valence-electron chi connectivity index (χ0n) is 22.6. The number of ether oxygens (including phenoxy) is 4. The number of aliphatic hydroxyl groups is 4. The molecule has 0 amide bonds. The van der Waals surface area contributed by atoms with Crippen molar-refractivity contribution in [2.45, 2.75) is 82.0 Å². The summed E-state index contributed by atoms with van der Waals surface area (Å²) in [5.74, 6) is -1.03. The number of nitrogens with zero attached hydrogens (tertiary/aromatic N) is 3. The highest BCUT2D eigenvalue weighted by molar-refractivity contribution is 9.10. The first-order valence-corrected chi connectivity index (χ1v) is 13.5. The molecule has 1 fully saturated rings. The minimum atomic E-state index is -1.53. The fourth-order valence-electron chi connectivity index (χ4n) is 4.16. The molecule has 1 aromatic carbocycles. The molecule has 0 spiro atoms. The summed E-state index contributed by atoms with van der Waals surface area (Å²) in [7, 11) is 0. The number of halogens is 1. The molecular formula is C26H36BrN3O10. The summed E-state index contributed by atoms with van der Waals surface area (Å²) >= 11 is 3.40. The number of carbonyl (C=O) groups excluding carboxylic acids is 2. The van der Waals surface area contributed by atoms with Gasteiger partial charge < -0.3 is 39.4 Å². The first-order chi connectivity index (χ1) is 18.8. The number of aromatic nitrogens is 3. The summed E-state index contributed by atoms with van der Waals surface area (Å²) in [6.07, 6.45) is -5.17. The third-order valence-electron chi connectivity index (χ3n) is 6.35. The van der Waals surface area contributed by atoms with E-state index in [1.807, 2.05) is 30.3 Å². The van der Waals surface area contributed by atoms with E-state index in [1.54, 1.807) is 27.0 Å². The minimum absolute atomic E-state index is 0.000202. The molecule has 13 nitrogen and oxygen atoms in total. The van der Waals surface area contributed by atoms with Crippen LogP contribution in [0, 0.1) is 5.41 Å². The maximum atomic E-state index is 12.8. The Kier molecular flexibility index (Phi) is 11.2. The van der Waals surface area contributed by atoms with Crippen LogP contribution in [0.3, 0.4) is 0 Å². The largest absolute Gasteiger partial charge is 0.460 e. The van der Waals surface area contributed by atoms with Crippen LogP contribution in [0.25, 0.3) is 0 Å². The van der Waals surface area contributed by atoms with E-state index in [0.717, 1.165) is 5.56 Å². The van der Waals surface area contributed by atoms with Gasteiger partial charge in [-0.05, 0) is 32.8 Å². The van der Waals surface area contributed by atoms with E-state index < -0.39 is 59.0 Å². The van der Waals surface area contributed by atoms with E-state index in [9.17, 15) is 30.0 Å². The van der Waals surface area contributed by atoms with Gasteiger partial charge in [0.2, 0.25) is 0 Å². The Balaban J connectivity index is 1.44. The number of carbonyl (C=O) groups is 2. The van der Waals surface area contributed by atoms with Gasteiger partial charge in [0.25, 0.3) is 0 Å². The van der Waals surface area contributed by atoms with Gasteiger partial charge in [0.15, 0.2) is 6.29 Å². The molecule has 1 aliphatic rings. The highest BCUT2D eigenvalue weighted by Gasteiger charge is 2.44. The zero-order chi connectivity index (χ0) is 29.5. The second kappa shape index (κ2) is 13.9. The lowest BCUT2D eigenvalue weighted by molar-refractivity contribution is -0.301. The van der Waals surface area contributed by atoms with E-state index >= 15 is 0 Å². The van der Waals surface area contributed by atoms with E-state index in [0.29, 0.717) is 5.69 Å². The quantitative estimate of drug-likeness (QED) is 0.177. The Bertz CT molecular complexity index is 1110. The maximum absolute atomic E-state index is 12.8. The molecule has 40 heavy (non-hydrogen) atoms. The van der Waals surface area contributed by atoms with Crippen LogP contribution in [0.5, 0.6) is 0 Å². The van der Waals surface area contributed by atoms with Crippen molar-refractivity contribution in [2.24, 2.45) is 5.41 Å². The van der Waals surface area contributed by atoms with Crippen LogP contribution >= 0.6 is 15.9 Å². The molecule has 2 aromatic rings. The maximum Gasteiger partial charge on any atom is 0.323 e. The lowest BCUT2D eigenvalue weighted by atomic mass is 9.83. The molecule has 0 aliphatic carbocycles. The average Bonchev–Trinajstić information content (AvgIpc) is 3.37. The third-order valence-corrected chi connectivity index (χ3v) is 6.96. The second-order valence-electron chi connectivity index (χ2n) is 10.4. The molecule has 0 bridgehead atoms. The lowest BCUT2D eigenvalue weighted by Crippen LogP contribution is -2.59. The highest BCUT2D eigenvalue weighted by Crippen LogP contribution is 2.36. The Hall–Kier alpha value is -2.46. The van der Waals surface area contributed by atoms with E-state index in [2.05, 4.69) is 26.2 Å². The molecule has 222 valence electrons. The summed E-state index contributed by atoms with van der Waals surface area (Å²) < 4.78 is 21.8. The number of hydrogen-bond acceptors (Lipinski definition) is 12. The van der Waals surface area contributed by atoms with Gasteiger partial charge in [-0.25, -0.2) is 4.68 Å². The van der Waals surface area contributed by atoms with Gasteiger partial charge in [-0.2, -0.15) is 0 Å². The van der Waals surface area contributed by atoms with Crippen LogP contribution in [-0.2, 0) is 48.3 Å². The van der Waals surface area contributed by atoms with Gasteiger partial charge in [-0.15, -0.1) is 5.10 Å². The van der Waals surface area contributed by atoms with Crippen molar-refractivity contribution >= 4 is 27.9 Å². The molecule has 3 unspecified atom stereocenters. The molecular weight excluding hydrogens is 594 g/mol. The van der Waals surface area contributed by atoms with Crippen molar-refractivity contribution in [2.75, 3.05) is 13.2 Å². The predicted octanol–water partition coefficient (Wildman–Crippen LogP) is 0.451. The molecule has 0 radical (unpaired) electrons. The van der Waals surface area contributed by atoms with Gasteiger partial charge >= 0.3 is 11.9 Å². The van der Waals surface area contributed by atoms with Gasteiger partial charge in [0.1, 0.15) is 47.6 Å². The molecule has 3 rings (SSSR count). The van der Waals surface area contributed by atoms with Crippen molar-refractivity contribution in [3.05, 3.63) is 47.8 Å². The number of hydrogen-bond donors (Lipinski definition) is 4. The van der Waals surface area contributed by atoms with E-state index in [4.69, 9.17) is 18.9 Å². The molecule has 6 atom stereocenters. The number of aliphatic hydroxyl groups excluding tert-OH is 4. The fraction of sp³-hybridized carbons (Fsp3) is 0.615. The Labute approximate surface area is 240 Å². The first kappa shape index (κ1) is 32.1. The van der Waals surface area contributed by atoms with E-state index in [1.165, 1.54) is 4.68 Å². The SMILES string of the molecule is CC(C)(CC(C)(Br)C(=O)OCc1cn(CCO[C@@H]2OC(CO)[C@H](O)[C@H](O)C2O)nn1)C(=O)OCc1ccccc1. The van der Waals surface area contributed by atoms with Crippen LogP contribution in [0.4, 0.5) is 0 Å². The predicted molar refractivity (Wildman–Crippen MR) is 142 cm³/mol. The molecule has 4 N–H and O–H groups in total. The van der Waals surface area contributed by atoms with Crippen LogP contribution in [0.1, 0.15) is 38.4 Å². The van der Waals surface area contributed by atoms with Gasteiger partial charge in [-0.1, -0.05) is 51.5 Å². The van der Waals surface area contributed by atoms with Crippen molar-refractivity contribution in [1.29, 1.82) is 0 Å². The van der Waals surface area contributed by atoms with Crippen molar-refractivity contribution in [1.82, 2.24) is 15.0 Å². The second-order valence-corrected chi connectivity index (χ2v) is 12.2. The number of benzene rings is 1. The fourth-order valence-corrected chi connectivity index (χ4v) is 4.98. The van der Waals surface area contributed by atoms with Gasteiger partial charge in [0, 0.05) is 0 Å². The third kappa shape index (κ3) is 8.52. The Morgan fingerprint density at radius 1 is 1.02 bits per heavy atom. The van der Waals surface area contributed by atoms with Crippen molar-refractivity contribution < 1.29 is 49.0 Å². The molecule has 1 saturated heterocycles. The smallest absolute Gasteiger partial charge is 0.323 e. The Morgan fingerprint density at radius 2 is 1.70 bits per heavy atom. The summed E-state index contributed by atoms with van der Waals surface area (Å²) in [5.41, 5.74) is 0.253. The summed E-state index contributed by atoms with van der Waals surface area (Å²) in [5, 5.41) is 46.8. The molecule has 1 aromatic heterocycles. The summed E-state index contributed by atoms with van der Waals surface area (Å²) in [6, 6.07) is 9.30. The van der Waals surface area contributed by atoms with Crippen LogP contribution in [0.2, 0.25) is 0 Å². The first-order valence-electron chi connectivity index (χ1n) is 12.7. The molecule has 2 heterocycles. The molecule has 0 saturated carbocycles. The van der Waals surface area contributed by atoms with Crippen LogP contribution < -0.4 is 0 Å². The number of alkyl halides is 1. The van der Waals surface area contributed by atoms with Gasteiger partial charge in [-0.3, -0.25) is 9.59 Å². The average molecular weight is 630 g/mol. The monoisotopic (exact) mass is 629 g/mol. The zero-order valence-corrected chi connectivity index (χ0v) is 24.1. The minimum Gasteiger partial charge on any atom is -0.460 e. The van der Waals surface area contributed by atoms with E-state index in [-0.39, 0.29) is 32.8 Å². The molecule has 1 aliphatic heterocycles. The Morgan fingerprint density at radius 3 is 2.38 bits per heavy atom. The van der Waals surface area contributed by atoms with Crippen LogP contribution in [-0.4, -0.2) is 95.6 Å². The van der Waals surface area contributed by atoms with Crippen LogP contribution in [0.15, 0.2) is 36.5 Å². The normalized spacial score (nSPS) is 24.8. The highest BCUT2D eigenvalue weighted by atomic mass is 79.9. The van der Waals surface area contributed by atoms with Gasteiger partial charge in [0.05, 0.1) is 31.4 Å². The number of rotatable bonds is 13. The van der Waals surface area contributed by atoms with Crippen molar-refractivity contribution in [3.8, 4) is 0 Å². The molecule has 14 heteroatoms.